The molecule has 1 saturated heterocycles. The number of hydrogen-bond donors (Lipinski definition) is 1. The fourth-order valence-corrected chi connectivity index (χ4v) is 4.11. The molecule has 2 amide bonds. The van der Waals surface area contributed by atoms with Crippen molar-refractivity contribution in [2.45, 2.75) is 39.5 Å². The maximum Gasteiger partial charge on any atom is 0.241 e. The summed E-state index contributed by atoms with van der Waals surface area (Å²) >= 11 is 1.76. The van der Waals surface area contributed by atoms with Gasteiger partial charge in [-0.25, -0.2) is 4.98 Å². The molecule has 6 heteroatoms. The van der Waals surface area contributed by atoms with Crippen LogP contribution in [0.3, 0.4) is 0 Å². The number of carbonyl (C=O) groups is 2. The van der Waals surface area contributed by atoms with Crippen molar-refractivity contribution in [2.24, 2.45) is 5.41 Å². The third-order valence-corrected chi connectivity index (χ3v) is 5.79. The monoisotopic (exact) mass is 359 g/mol. The normalized spacial score (nSPS) is 16.2. The van der Waals surface area contributed by atoms with Gasteiger partial charge in [0, 0.05) is 24.4 Å². The molecule has 0 atom stereocenters. The number of hydrogen-bond acceptors (Lipinski definition) is 4. The van der Waals surface area contributed by atoms with Crippen molar-refractivity contribution in [1.82, 2.24) is 15.2 Å². The Morgan fingerprint density at radius 1 is 1.24 bits per heavy atom. The summed E-state index contributed by atoms with van der Waals surface area (Å²) in [6.45, 7) is 7.07. The lowest BCUT2D eigenvalue weighted by Crippen LogP contribution is -2.45. The van der Waals surface area contributed by atoms with Crippen LogP contribution in [0.1, 0.15) is 44.5 Å². The van der Waals surface area contributed by atoms with E-state index in [0.717, 1.165) is 31.4 Å². The average molecular weight is 359 g/mol. The Morgan fingerprint density at radius 3 is 2.56 bits per heavy atom. The molecule has 134 valence electrons. The van der Waals surface area contributed by atoms with Crippen molar-refractivity contribution in [2.75, 3.05) is 19.6 Å². The van der Waals surface area contributed by atoms with Gasteiger partial charge in [0.05, 0.1) is 21.8 Å². The second-order valence-corrected chi connectivity index (χ2v) is 8.67. The minimum atomic E-state index is -0.472. The Labute approximate surface area is 152 Å². The Kier molecular flexibility index (Phi) is 5.08. The summed E-state index contributed by atoms with van der Waals surface area (Å²) < 4.78 is 1.22. The summed E-state index contributed by atoms with van der Waals surface area (Å²) in [7, 11) is 0. The molecule has 0 radical (unpaired) electrons. The molecule has 0 bridgehead atoms. The molecule has 5 nitrogen and oxygen atoms in total. The largest absolute Gasteiger partial charge is 0.347 e. The first-order valence-electron chi connectivity index (χ1n) is 8.76. The van der Waals surface area contributed by atoms with Crippen molar-refractivity contribution in [3.63, 3.8) is 0 Å². The van der Waals surface area contributed by atoms with Crippen molar-refractivity contribution in [1.29, 1.82) is 0 Å². The lowest BCUT2D eigenvalue weighted by Gasteiger charge is -2.31. The molecule has 3 rings (SSSR count). The SMILES string of the molecule is CC(C)(C)C(=O)NCC(=O)N1CCC(c2nc3ccccc3s2)CC1. The van der Waals surface area contributed by atoms with E-state index >= 15 is 0 Å². The summed E-state index contributed by atoms with van der Waals surface area (Å²) in [4.78, 5) is 30.8. The van der Waals surface area contributed by atoms with Crippen molar-refractivity contribution >= 4 is 33.4 Å². The van der Waals surface area contributed by atoms with Gasteiger partial charge in [0.2, 0.25) is 11.8 Å². The highest BCUT2D eigenvalue weighted by atomic mass is 32.1. The summed E-state index contributed by atoms with van der Waals surface area (Å²) in [5, 5.41) is 3.92. The minimum Gasteiger partial charge on any atom is -0.347 e. The van der Waals surface area contributed by atoms with Crippen molar-refractivity contribution < 1.29 is 9.59 Å². The van der Waals surface area contributed by atoms with E-state index in [1.54, 1.807) is 11.3 Å². The molecule has 1 N–H and O–H groups in total. The number of likely N-dealkylation sites (tertiary alicyclic amines) is 1. The first kappa shape index (κ1) is 17.9. The van der Waals surface area contributed by atoms with Crippen LogP contribution in [0.25, 0.3) is 10.2 Å². The lowest BCUT2D eigenvalue weighted by molar-refractivity contribution is -0.135. The zero-order valence-corrected chi connectivity index (χ0v) is 15.9. The Morgan fingerprint density at radius 2 is 1.92 bits per heavy atom. The first-order chi connectivity index (χ1) is 11.8. The van der Waals surface area contributed by atoms with E-state index in [1.807, 2.05) is 43.9 Å². The number of nitrogens with one attached hydrogen (secondary N) is 1. The molecule has 1 aliphatic rings. The number of rotatable bonds is 3. The highest BCUT2D eigenvalue weighted by Gasteiger charge is 2.27. The van der Waals surface area contributed by atoms with Gasteiger partial charge in [0.15, 0.2) is 0 Å². The number of aromatic nitrogens is 1. The van der Waals surface area contributed by atoms with Gasteiger partial charge in [-0.3, -0.25) is 9.59 Å². The molecule has 1 aliphatic heterocycles. The third-order valence-electron chi connectivity index (χ3n) is 4.59. The smallest absolute Gasteiger partial charge is 0.241 e. The van der Waals surface area contributed by atoms with E-state index in [2.05, 4.69) is 11.4 Å². The summed E-state index contributed by atoms with van der Waals surface area (Å²) in [6, 6.07) is 8.20. The standard InChI is InChI=1S/C19H25N3O2S/c1-19(2,3)18(24)20-12-16(23)22-10-8-13(9-11-22)17-21-14-6-4-5-7-15(14)25-17/h4-7,13H,8-12H2,1-3H3,(H,20,24). The molecule has 1 aromatic carbocycles. The van der Waals surface area contributed by atoms with Gasteiger partial charge < -0.3 is 10.2 Å². The Bertz CT molecular complexity index is 737. The lowest BCUT2D eigenvalue weighted by atomic mass is 9.95. The van der Waals surface area contributed by atoms with Gasteiger partial charge in [-0.15, -0.1) is 11.3 Å². The van der Waals surface area contributed by atoms with Gasteiger partial charge in [0.25, 0.3) is 0 Å². The Hall–Kier alpha value is -1.95. The number of para-hydroxylation sites is 1. The maximum atomic E-state index is 12.3. The molecule has 0 saturated carbocycles. The highest BCUT2D eigenvalue weighted by Crippen LogP contribution is 2.33. The number of fused-ring (bicyclic) bond motifs is 1. The molecule has 1 fully saturated rings. The number of benzene rings is 1. The fourth-order valence-electron chi connectivity index (χ4n) is 2.97. The maximum absolute atomic E-state index is 12.3. The van der Waals surface area contributed by atoms with Crippen LogP contribution in [0, 0.1) is 5.41 Å². The molecule has 0 spiro atoms. The quantitative estimate of drug-likeness (QED) is 0.916. The van der Waals surface area contributed by atoms with Gasteiger partial charge in [-0.05, 0) is 25.0 Å². The van der Waals surface area contributed by atoms with Gasteiger partial charge in [0.1, 0.15) is 0 Å². The van der Waals surface area contributed by atoms with Crippen LogP contribution in [0.5, 0.6) is 0 Å². The molecule has 0 aliphatic carbocycles. The third kappa shape index (κ3) is 4.18. The van der Waals surface area contributed by atoms with Crippen LogP contribution in [-0.2, 0) is 9.59 Å². The summed E-state index contributed by atoms with van der Waals surface area (Å²) in [5.41, 5.74) is 0.589. The predicted octanol–water partition coefficient (Wildman–Crippen LogP) is 3.16. The van der Waals surface area contributed by atoms with E-state index in [-0.39, 0.29) is 18.4 Å². The van der Waals surface area contributed by atoms with Crippen LogP contribution < -0.4 is 5.32 Å². The summed E-state index contributed by atoms with van der Waals surface area (Å²) in [5.74, 6) is 0.330. The predicted molar refractivity (Wildman–Crippen MR) is 101 cm³/mol. The number of amides is 2. The number of carbonyl (C=O) groups excluding carboxylic acids is 2. The zero-order valence-electron chi connectivity index (χ0n) is 15.0. The molecule has 1 aromatic heterocycles. The second kappa shape index (κ2) is 7.12. The molecule has 25 heavy (non-hydrogen) atoms. The molecule has 2 aromatic rings. The van der Waals surface area contributed by atoms with Crippen molar-refractivity contribution in [3.8, 4) is 0 Å². The van der Waals surface area contributed by atoms with E-state index in [1.165, 1.54) is 9.71 Å². The van der Waals surface area contributed by atoms with E-state index in [0.29, 0.717) is 5.92 Å². The topological polar surface area (TPSA) is 62.3 Å². The first-order valence-corrected chi connectivity index (χ1v) is 9.58. The summed E-state index contributed by atoms with van der Waals surface area (Å²) in [6.07, 6.45) is 1.86. The highest BCUT2D eigenvalue weighted by molar-refractivity contribution is 7.18. The fraction of sp³-hybridized carbons (Fsp3) is 0.526. The van der Waals surface area contributed by atoms with Crippen LogP contribution in [0.4, 0.5) is 0 Å². The molecule has 0 unspecified atom stereocenters. The number of nitrogens with zero attached hydrogens (tertiary/aromatic N) is 2. The second-order valence-electron chi connectivity index (χ2n) is 7.61. The number of piperidine rings is 1. The van der Waals surface area contributed by atoms with Crippen LogP contribution in [0.2, 0.25) is 0 Å². The molecule has 2 heterocycles. The van der Waals surface area contributed by atoms with E-state index < -0.39 is 5.41 Å². The van der Waals surface area contributed by atoms with Crippen LogP contribution in [0.15, 0.2) is 24.3 Å². The van der Waals surface area contributed by atoms with Gasteiger partial charge >= 0.3 is 0 Å². The van der Waals surface area contributed by atoms with Gasteiger partial charge in [-0.2, -0.15) is 0 Å². The van der Waals surface area contributed by atoms with E-state index in [9.17, 15) is 9.59 Å². The zero-order chi connectivity index (χ0) is 18.0. The van der Waals surface area contributed by atoms with E-state index in [4.69, 9.17) is 4.98 Å². The Balaban J connectivity index is 1.53. The average Bonchev–Trinajstić information content (AvgIpc) is 3.02. The number of thiazole rings is 1. The van der Waals surface area contributed by atoms with Crippen molar-refractivity contribution in [3.05, 3.63) is 29.3 Å². The van der Waals surface area contributed by atoms with Crippen LogP contribution >= 0.6 is 11.3 Å². The molecular formula is C19H25N3O2S. The van der Waals surface area contributed by atoms with Crippen LogP contribution in [-0.4, -0.2) is 41.3 Å². The molecular weight excluding hydrogens is 334 g/mol. The van der Waals surface area contributed by atoms with Gasteiger partial charge in [-0.1, -0.05) is 32.9 Å². The minimum absolute atomic E-state index is 0.000324.